The Hall–Kier alpha value is -1.63. The van der Waals surface area contributed by atoms with E-state index in [-0.39, 0.29) is 6.04 Å². The molecule has 0 saturated heterocycles. The fraction of sp³-hybridized carbons (Fsp3) is 0.615. The number of aliphatic carboxylic acids is 1. The zero-order chi connectivity index (χ0) is 14.6. The lowest BCUT2D eigenvalue weighted by atomic mass is 9.98. The van der Waals surface area contributed by atoms with Gasteiger partial charge in [-0.2, -0.15) is 0 Å². The minimum Gasteiger partial charge on any atom is -0.480 e. The van der Waals surface area contributed by atoms with Crippen molar-refractivity contribution >= 4 is 23.3 Å². The van der Waals surface area contributed by atoms with Crippen molar-refractivity contribution < 1.29 is 14.7 Å². The largest absolute Gasteiger partial charge is 0.480 e. The first-order chi connectivity index (χ1) is 9.57. The number of aromatic nitrogens is 1. The number of carboxylic acid groups (broad SMARTS) is 1. The third kappa shape index (κ3) is 3.09. The van der Waals surface area contributed by atoms with Crippen LogP contribution < -0.4 is 10.6 Å². The van der Waals surface area contributed by atoms with Crippen molar-refractivity contribution in [3.63, 3.8) is 0 Å². The molecule has 1 heterocycles. The highest BCUT2D eigenvalue weighted by Crippen LogP contribution is 2.30. The van der Waals surface area contributed by atoms with Gasteiger partial charge in [0.25, 0.3) is 0 Å². The Bertz CT molecular complexity index is 469. The van der Waals surface area contributed by atoms with Gasteiger partial charge in [0, 0.05) is 11.6 Å². The Morgan fingerprint density at radius 3 is 2.70 bits per heavy atom. The predicted molar refractivity (Wildman–Crippen MR) is 75.6 cm³/mol. The van der Waals surface area contributed by atoms with E-state index in [2.05, 4.69) is 15.6 Å². The lowest BCUT2D eigenvalue weighted by molar-refractivity contribution is -0.144. The van der Waals surface area contributed by atoms with Gasteiger partial charge in [0.15, 0.2) is 0 Å². The van der Waals surface area contributed by atoms with Gasteiger partial charge in [0.1, 0.15) is 10.5 Å². The van der Waals surface area contributed by atoms with Crippen LogP contribution in [0.2, 0.25) is 0 Å². The molecule has 1 aromatic rings. The van der Waals surface area contributed by atoms with Crippen molar-refractivity contribution in [3.05, 3.63) is 16.6 Å². The molecule has 1 saturated carbocycles. The van der Waals surface area contributed by atoms with Gasteiger partial charge < -0.3 is 15.7 Å². The number of hydrogen-bond acceptors (Lipinski definition) is 4. The fourth-order valence-corrected chi connectivity index (χ4v) is 3.30. The molecular formula is C13H19N3O3S. The van der Waals surface area contributed by atoms with E-state index in [9.17, 15) is 14.7 Å². The second-order valence-electron chi connectivity index (χ2n) is 5.02. The van der Waals surface area contributed by atoms with Crippen LogP contribution in [0.15, 0.2) is 11.6 Å². The number of carbonyl (C=O) groups excluding carboxylic acids is 1. The number of nitrogens with one attached hydrogen (secondary N) is 2. The Labute approximate surface area is 121 Å². The monoisotopic (exact) mass is 297 g/mol. The molecule has 6 nitrogen and oxygen atoms in total. The van der Waals surface area contributed by atoms with Crippen LogP contribution in [-0.4, -0.2) is 27.6 Å². The summed E-state index contributed by atoms with van der Waals surface area (Å²) in [5, 5.41) is 17.5. The maximum absolute atomic E-state index is 12.1. The minimum absolute atomic E-state index is 0.178. The zero-order valence-corrected chi connectivity index (χ0v) is 12.2. The number of urea groups is 1. The van der Waals surface area contributed by atoms with Gasteiger partial charge in [-0.1, -0.05) is 19.8 Å². The number of amides is 2. The molecule has 1 aromatic heterocycles. The van der Waals surface area contributed by atoms with Crippen LogP contribution in [0.25, 0.3) is 0 Å². The van der Waals surface area contributed by atoms with Crippen LogP contribution >= 0.6 is 11.3 Å². The molecule has 0 bridgehead atoms. The predicted octanol–water partition coefficient (Wildman–Crippen LogP) is 2.29. The Morgan fingerprint density at radius 2 is 2.20 bits per heavy atom. The van der Waals surface area contributed by atoms with E-state index in [0.29, 0.717) is 19.3 Å². The molecule has 1 aliphatic rings. The van der Waals surface area contributed by atoms with E-state index in [1.165, 1.54) is 11.3 Å². The Balaban J connectivity index is 1.99. The molecular weight excluding hydrogens is 278 g/mol. The molecule has 1 unspecified atom stereocenters. The van der Waals surface area contributed by atoms with Gasteiger partial charge >= 0.3 is 12.0 Å². The Morgan fingerprint density at radius 1 is 1.50 bits per heavy atom. The third-order valence-electron chi connectivity index (χ3n) is 3.68. The molecule has 0 spiro atoms. The first kappa shape index (κ1) is 14.8. The zero-order valence-electron chi connectivity index (χ0n) is 11.4. The quantitative estimate of drug-likeness (QED) is 0.777. The first-order valence-corrected chi connectivity index (χ1v) is 7.67. The van der Waals surface area contributed by atoms with E-state index in [0.717, 1.165) is 17.8 Å². The maximum Gasteiger partial charge on any atom is 0.329 e. The summed E-state index contributed by atoms with van der Waals surface area (Å²) in [6, 6.07) is -0.612. The summed E-state index contributed by atoms with van der Waals surface area (Å²) in [7, 11) is 0. The van der Waals surface area contributed by atoms with Crippen molar-refractivity contribution in [2.45, 2.75) is 50.6 Å². The number of carbonyl (C=O) groups is 2. The summed E-state index contributed by atoms with van der Waals surface area (Å²) in [5.41, 5.74) is -1.11. The second-order valence-corrected chi connectivity index (χ2v) is 5.95. The van der Waals surface area contributed by atoms with E-state index in [1.54, 1.807) is 6.20 Å². The third-order valence-corrected chi connectivity index (χ3v) is 4.57. The highest BCUT2D eigenvalue weighted by atomic mass is 32.1. The summed E-state index contributed by atoms with van der Waals surface area (Å²) in [5.74, 6) is -0.951. The van der Waals surface area contributed by atoms with Crippen LogP contribution in [0, 0.1) is 0 Å². The van der Waals surface area contributed by atoms with Crippen LogP contribution in [0.3, 0.4) is 0 Å². The van der Waals surface area contributed by atoms with Crippen LogP contribution in [-0.2, 0) is 4.79 Å². The van der Waals surface area contributed by atoms with Gasteiger partial charge in [0.05, 0.1) is 6.04 Å². The summed E-state index contributed by atoms with van der Waals surface area (Å²) in [6.07, 6.45) is 5.04. The Kier molecular flexibility index (Phi) is 4.59. The van der Waals surface area contributed by atoms with E-state index in [4.69, 9.17) is 0 Å². The number of carboxylic acids is 1. The summed E-state index contributed by atoms with van der Waals surface area (Å²) >= 11 is 1.48. The van der Waals surface area contributed by atoms with Crippen molar-refractivity contribution in [2.75, 3.05) is 0 Å². The molecule has 110 valence electrons. The highest BCUT2D eigenvalue weighted by Gasteiger charge is 2.42. The highest BCUT2D eigenvalue weighted by molar-refractivity contribution is 7.09. The lowest BCUT2D eigenvalue weighted by Crippen LogP contribution is -2.55. The van der Waals surface area contributed by atoms with E-state index < -0.39 is 17.5 Å². The van der Waals surface area contributed by atoms with Gasteiger partial charge in [0.2, 0.25) is 0 Å². The van der Waals surface area contributed by atoms with Crippen LogP contribution in [0.1, 0.15) is 50.1 Å². The van der Waals surface area contributed by atoms with E-state index >= 15 is 0 Å². The molecule has 2 rings (SSSR count). The average molecular weight is 297 g/mol. The SMILES string of the molecule is CCC(NC(=O)NC1(C(=O)O)CCCC1)c1nccs1. The molecule has 1 aliphatic carbocycles. The normalized spacial score (nSPS) is 18.4. The molecule has 0 aromatic carbocycles. The van der Waals surface area contributed by atoms with Gasteiger partial charge in [-0.3, -0.25) is 0 Å². The van der Waals surface area contributed by atoms with Gasteiger partial charge in [-0.25, -0.2) is 14.6 Å². The topological polar surface area (TPSA) is 91.3 Å². The molecule has 2 amide bonds. The number of rotatable bonds is 5. The molecule has 0 radical (unpaired) electrons. The smallest absolute Gasteiger partial charge is 0.329 e. The number of thiazole rings is 1. The van der Waals surface area contributed by atoms with Gasteiger partial charge in [-0.15, -0.1) is 11.3 Å². The maximum atomic E-state index is 12.1. The number of hydrogen-bond donors (Lipinski definition) is 3. The first-order valence-electron chi connectivity index (χ1n) is 6.79. The van der Waals surface area contributed by atoms with Crippen LogP contribution in [0.5, 0.6) is 0 Å². The summed E-state index contributed by atoms with van der Waals surface area (Å²) in [4.78, 5) is 27.6. The van der Waals surface area contributed by atoms with E-state index in [1.807, 2.05) is 12.3 Å². The molecule has 1 atom stereocenters. The van der Waals surface area contributed by atoms with Crippen LogP contribution in [0.4, 0.5) is 4.79 Å². The molecule has 1 fully saturated rings. The standard InChI is InChI=1S/C13H19N3O3S/c1-2-9(10-14-7-8-20-10)15-12(19)16-13(11(17)18)5-3-4-6-13/h7-9H,2-6H2,1H3,(H,17,18)(H2,15,16,19). The molecule has 0 aliphatic heterocycles. The molecule has 3 N–H and O–H groups in total. The fourth-order valence-electron chi connectivity index (χ4n) is 2.53. The summed E-state index contributed by atoms with van der Waals surface area (Å²) in [6.45, 7) is 1.95. The van der Waals surface area contributed by atoms with Crippen molar-refractivity contribution in [3.8, 4) is 0 Å². The molecule has 20 heavy (non-hydrogen) atoms. The summed E-state index contributed by atoms with van der Waals surface area (Å²) < 4.78 is 0. The van der Waals surface area contributed by atoms with Crippen molar-refractivity contribution in [1.82, 2.24) is 15.6 Å². The van der Waals surface area contributed by atoms with Crippen molar-refractivity contribution in [1.29, 1.82) is 0 Å². The average Bonchev–Trinajstić information content (AvgIpc) is 3.07. The number of nitrogens with zero attached hydrogens (tertiary/aromatic N) is 1. The molecule has 7 heteroatoms. The lowest BCUT2D eigenvalue weighted by Gasteiger charge is -2.26. The minimum atomic E-state index is -1.11. The van der Waals surface area contributed by atoms with Gasteiger partial charge in [-0.05, 0) is 19.3 Å². The van der Waals surface area contributed by atoms with Crippen molar-refractivity contribution in [2.24, 2.45) is 0 Å². The second kappa shape index (κ2) is 6.21.